The van der Waals surface area contributed by atoms with Crippen LogP contribution in [0.4, 0.5) is 0 Å². The highest BCUT2D eigenvalue weighted by Crippen LogP contribution is 2.55. The smallest absolute Gasteiger partial charge is 0.109 e. The first-order valence-corrected chi connectivity index (χ1v) is 9.11. The number of ether oxygens (including phenoxy) is 1. The van der Waals surface area contributed by atoms with E-state index in [0.29, 0.717) is 23.6 Å². The summed E-state index contributed by atoms with van der Waals surface area (Å²) in [4.78, 5) is 4.62. The van der Waals surface area contributed by atoms with Gasteiger partial charge in [-0.25, -0.2) is 4.98 Å². The van der Waals surface area contributed by atoms with Gasteiger partial charge < -0.3 is 14.6 Å². The molecule has 0 unspecified atom stereocenters. The fraction of sp³-hybridized carbons (Fsp3) is 0.833. The van der Waals surface area contributed by atoms with E-state index in [9.17, 15) is 0 Å². The van der Waals surface area contributed by atoms with Crippen molar-refractivity contribution in [3.8, 4) is 0 Å². The number of aryl methyl sites for hydroxylation is 2. The minimum Gasteiger partial charge on any atom is -0.378 e. The van der Waals surface area contributed by atoms with E-state index >= 15 is 0 Å². The zero-order valence-electron chi connectivity index (χ0n) is 14.0. The third kappa shape index (κ3) is 2.31. The Hall–Kier alpha value is -0.870. The molecule has 4 nitrogen and oxygen atoms in total. The van der Waals surface area contributed by atoms with E-state index in [4.69, 9.17) is 4.74 Å². The summed E-state index contributed by atoms with van der Waals surface area (Å²) in [5, 5.41) is 4.00. The van der Waals surface area contributed by atoms with E-state index in [0.717, 1.165) is 25.3 Å². The molecule has 0 saturated heterocycles. The van der Waals surface area contributed by atoms with Crippen LogP contribution in [0.5, 0.6) is 0 Å². The second kappa shape index (κ2) is 5.64. The molecular formula is C18H29N3O. The van der Waals surface area contributed by atoms with Crippen LogP contribution in [0.25, 0.3) is 0 Å². The zero-order valence-corrected chi connectivity index (χ0v) is 14.0. The van der Waals surface area contributed by atoms with Crippen LogP contribution in [0.2, 0.25) is 0 Å². The third-order valence-corrected chi connectivity index (χ3v) is 6.24. The SMILES string of the molecule is CCO[C@@H]1C[C@@H](N[C@H]2CCc3nc(C)cn3C2)C12CCCC2. The average Bonchev–Trinajstić information content (AvgIpc) is 3.12. The molecule has 0 aromatic carbocycles. The molecule has 1 aliphatic heterocycles. The summed E-state index contributed by atoms with van der Waals surface area (Å²) in [7, 11) is 0. The van der Waals surface area contributed by atoms with Gasteiger partial charge in [-0.3, -0.25) is 0 Å². The van der Waals surface area contributed by atoms with Crippen LogP contribution >= 0.6 is 0 Å². The van der Waals surface area contributed by atoms with Crippen LogP contribution in [0.3, 0.4) is 0 Å². The second-order valence-corrected chi connectivity index (χ2v) is 7.53. The van der Waals surface area contributed by atoms with Crippen molar-refractivity contribution in [2.75, 3.05) is 6.61 Å². The molecule has 1 aromatic heterocycles. The standard InChI is InChI=1S/C18H29N3O/c1-3-22-16-10-15(18(16)8-4-5-9-18)20-14-6-7-17-19-13(2)11-21(17)12-14/h11,14-16,20H,3-10,12H2,1-2H3/t14-,15+,16+/m0/s1. The number of aromatic nitrogens is 2. The number of hydrogen-bond acceptors (Lipinski definition) is 3. The van der Waals surface area contributed by atoms with E-state index < -0.39 is 0 Å². The number of imidazole rings is 1. The minimum atomic E-state index is 0.446. The maximum atomic E-state index is 6.04. The Balaban J connectivity index is 1.42. The van der Waals surface area contributed by atoms with Gasteiger partial charge in [0, 0.05) is 43.3 Å². The lowest BCUT2D eigenvalue weighted by Gasteiger charge is -2.55. The molecule has 2 heterocycles. The van der Waals surface area contributed by atoms with Gasteiger partial charge >= 0.3 is 0 Å². The van der Waals surface area contributed by atoms with E-state index in [2.05, 4.69) is 34.9 Å². The lowest BCUT2D eigenvalue weighted by Crippen LogP contribution is -2.65. The van der Waals surface area contributed by atoms with Crippen molar-refractivity contribution in [2.24, 2.45) is 5.41 Å². The molecule has 0 radical (unpaired) electrons. The Morgan fingerprint density at radius 2 is 2.23 bits per heavy atom. The summed E-state index contributed by atoms with van der Waals surface area (Å²) in [6.07, 6.45) is 11.7. The molecule has 1 N–H and O–H groups in total. The topological polar surface area (TPSA) is 39.1 Å². The van der Waals surface area contributed by atoms with E-state index in [-0.39, 0.29) is 0 Å². The van der Waals surface area contributed by atoms with Crippen molar-refractivity contribution in [1.29, 1.82) is 0 Å². The minimum absolute atomic E-state index is 0.446. The fourth-order valence-electron chi connectivity index (χ4n) is 5.13. The Kier molecular flexibility index (Phi) is 3.77. The number of nitrogens with zero attached hydrogens (tertiary/aromatic N) is 2. The van der Waals surface area contributed by atoms with Gasteiger partial charge in [0.1, 0.15) is 5.82 Å². The predicted octanol–water partition coefficient (Wildman–Crippen LogP) is 2.83. The van der Waals surface area contributed by atoms with Crippen LogP contribution in [-0.2, 0) is 17.7 Å². The highest BCUT2D eigenvalue weighted by atomic mass is 16.5. The van der Waals surface area contributed by atoms with Gasteiger partial charge in [-0.15, -0.1) is 0 Å². The Bertz CT molecular complexity index is 532. The van der Waals surface area contributed by atoms with Crippen molar-refractivity contribution in [2.45, 2.75) is 83.5 Å². The summed E-state index contributed by atoms with van der Waals surface area (Å²) in [5.41, 5.74) is 1.60. The number of hydrogen-bond donors (Lipinski definition) is 1. The van der Waals surface area contributed by atoms with Gasteiger partial charge in [0.25, 0.3) is 0 Å². The van der Waals surface area contributed by atoms with Crippen molar-refractivity contribution in [1.82, 2.24) is 14.9 Å². The number of rotatable bonds is 4. The van der Waals surface area contributed by atoms with E-state index in [1.165, 1.54) is 44.3 Å². The van der Waals surface area contributed by atoms with Crippen LogP contribution in [-0.4, -0.2) is 34.3 Å². The quantitative estimate of drug-likeness (QED) is 0.929. The normalized spacial score (nSPS) is 32.9. The fourth-order valence-corrected chi connectivity index (χ4v) is 5.13. The summed E-state index contributed by atoms with van der Waals surface area (Å²) in [5.74, 6) is 1.27. The van der Waals surface area contributed by atoms with E-state index in [1.54, 1.807) is 0 Å². The molecule has 0 bridgehead atoms. The molecular weight excluding hydrogens is 274 g/mol. The highest BCUT2D eigenvalue weighted by molar-refractivity contribution is 5.12. The Labute approximate surface area is 133 Å². The Morgan fingerprint density at radius 1 is 1.41 bits per heavy atom. The first-order valence-electron chi connectivity index (χ1n) is 9.11. The number of nitrogens with one attached hydrogen (secondary N) is 1. The predicted molar refractivity (Wildman–Crippen MR) is 86.9 cm³/mol. The molecule has 2 saturated carbocycles. The van der Waals surface area contributed by atoms with Crippen molar-refractivity contribution in [3.05, 3.63) is 17.7 Å². The average molecular weight is 303 g/mol. The molecule has 122 valence electrons. The first-order chi connectivity index (χ1) is 10.7. The molecule has 2 aliphatic carbocycles. The summed E-state index contributed by atoms with van der Waals surface area (Å²) < 4.78 is 8.40. The van der Waals surface area contributed by atoms with Gasteiger partial charge in [-0.1, -0.05) is 12.8 Å². The molecule has 3 atom stereocenters. The molecule has 4 heteroatoms. The molecule has 3 aliphatic rings. The molecule has 0 amide bonds. The van der Waals surface area contributed by atoms with Gasteiger partial charge in [-0.2, -0.15) is 0 Å². The van der Waals surface area contributed by atoms with Crippen LogP contribution < -0.4 is 5.32 Å². The van der Waals surface area contributed by atoms with Crippen LogP contribution in [0.15, 0.2) is 6.20 Å². The summed E-state index contributed by atoms with van der Waals surface area (Å²) >= 11 is 0. The third-order valence-electron chi connectivity index (χ3n) is 6.24. The molecule has 1 spiro atoms. The van der Waals surface area contributed by atoms with Gasteiger partial charge in [0.15, 0.2) is 0 Å². The highest BCUT2D eigenvalue weighted by Gasteiger charge is 2.56. The number of fused-ring (bicyclic) bond motifs is 1. The Morgan fingerprint density at radius 3 is 3.00 bits per heavy atom. The van der Waals surface area contributed by atoms with Gasteiger partial charge in [0.05, 0.1) is 11.8 Å². The maximum absolute atomic E-state index is 6.04. The monoisotopic (exact) mass is 303 g/mol. The lowest BCUT2D eigenvalue weighted by molar-refractivity contribution is -0.133. The van der Waals surface area contributed by atoms with E-state index in [1.807, 2.05) is 0 Å². The largest absolute Gasteiger partial charge is 0.378 e. The summed E-state index contributed by atoms with van der Waals surface area (Å²) in [6, 6.07) is 1.27. The molecule has 22 heavy (non-hydrogen) atoms. The summed E-state index contributed by atoms with van der Waals surface area (Å²) in [6.45, 7) is 6.18. The maximum Gasteiger partial charge on any atom is 0.109 e. The molecule has 2 fully saturated rings. The van der Waals surface area contributed by atoms with Gasteiger partial charge in [-0.05, 0) is 39.5 Å². The van der Waals surface area contributed by atoms with Gasteiger partial charge in [0.2, 0.25) is 0 Å². The second-order valence-electron chi connectivity index (χ2n) is 7.53. The molecule has 4 rings (SSSR count). The zero-order chi connectivity index (χ0) is 15.2. The van der Waals surface area contributed by atoms with Crippen molar-refractivity contribution >= 4 is 0 Å². The lowest BCUT2D eigenvalue weighted by atomic mass is 9.60. The van der Waals surface area contributed by atoms with Crippen LogP contribution in [0.1, 0.15) is 57.0 Å². The van der Waals surface area contributed by atoms with Crippen molar-refractivity contribution in [3.63, 3.8) is 0 Å². The van der Waals surface area contributed by atoms with Crippen molar-refractivity contribution < 1.29 is 4.74 Å². The first kappa shape index (κ1) is 14.7. The molecule has 1 aromatic rings. The van der Waals surface area contributed by atoms with Crippen LogP contribution in [0, 0.1) is 12.3 Å².